The van der Waals surface area contributed by atoms with Crippen LogP contribution < -0.4 is 5.32 Å². The molecule has 1 heterocycles. The molecule has 0 aromatic heterocycles. The van der Waals surface area contributed by atoms with E-state index in [-0.39, 0.29) is 0 Å². The molecule has 2 fully saturated rings. The van der Waals surface area contributed by atoms with Crippen molar-refractivity contribution in [3.05, 3.63) is 0 Å². The summed E-state index contributed by atoms with van der Waals surface area (Å²) in [6, 6.07) is 1.57. The fourth-order valence-electron chi connectivity index (χ4n) is 3.96. The first-order valence-corrected chi connectivity index (χ1v) is 7.74. The third-order valence-electron chi connectivity index (χ3n) is 5.45. The maximum atomic E-state index is 3.55. The fourth-order valence-corrected chi connectivity index (χ4v) is 3.96. The molecule has 1 saturated carbocycles. The Hall–Kier alpha value is -0.0800. The van der Waals surface area contributed by atoms with Gasteiger partial charge in [-0.25, -0.2) is 0 Å². The van der Waals surface area contributed by atoms with E-state index in [4.69, 9.17) is 0 Å². The van der Waals surface area contributed by atoms with E-state index in [0.717, 1.165) is 12.1 Å². The van der Waals surface area contributed by atoms with E-state index >= 15 is 0 Å². The van der Waals surface area contributed by atoms with Crippen molar-refractivity contribution >= 4 is 0 Å². The second kappa shape index (κ2) is 5.13. The summed E-state index contributed by atoms with van der Waals surface area (Å²) < 4.78 is 0. The Labute approximate surface area is 114 Å². The molecule has 0 aromatic rings. The Balaban J connectivity index is 1.96. The molecule has 1 N–H and O–H groups in total. The summed E-state index contributed by atoms with van der Waals surface area (Å²) in [7, 11) is 2.38. The van der Waals surface area contributed by atoms with E-state index in [9.17, 15) is 0 Å². The van der Waals surface area contributed by atoms with Crippen molar-refractivity contribution < 1.29 is 0 Å². The van der Waals surface area contributed by atoms with Crippen LogP contribution >= 0.6 is 0 Å². The minimum absolute atomic E-state index is 0.417. The van der Waals surface area contributed by atoms with Gasteiger partial charge < -0.3 is 5.32 Å². The Morgan fingerprint density at radius 2 is 1.61 bits per heavy atom. The highest BCUT2D eigenvalue weighted by molar-refractivity contribution is 4.94. The van der Waals surface area contributed by atoms with Crippen molar-refractivity contribution in [1.29, 1.82) is 0 Å². The van der Waals surface area contributed by atoms with Crippen LogP contribution in [0.5, 0.6) is 0 Å². The second-order valence-corrected chi connectivity index (χ2v) is 8.03. The maximum Gasteiger partial charge on any atom is 0.0170 e. The Bertz CT molecular complexity index is 273. The summed E-state index contributed by atoms with van der Waals surface area (Å²) in [5.74, 6) is 0. The van der Waals surface area contributed by atoms with Crippen LogP contribution in [0, 0.1) is 10.8 Å². The molecule has 2 nitrogen and oxygen atoms in total. The highest BCUT2D eigenvalue weighted by atomic mass is 15.2. The van der Waals surface area contributed by atoms with Gasteiger partial charge in [0.1, 0.15) is 0 Å². The molecule has 1 atom stereocenters. The highest BCUT2D eigenvalue weighted by Crippen LogP contribution is 2.39. The lowest BCUT2D eigenvalue weighted by Gasteiger charge is -2.49. The first kappa shape index (κ1) is 14.3. The maximum absolute atomic E-state index is 3.55. The van der Waals surface area contributed by atoms with Crippen LogP contribution in [0.15, 0.2) is 0 Å². The van der Waals surface area contributed by atoms with Crippen LogP contribution in [0.2, 0.25) is 0 Å². The van der Waals surface area contributed by atoms with Gasteiger partial charge in [0.25, 0.3) is 0 Å². The van der Waals surface area contributed by atoms with Crippen LogP contribution in [-0.2, 0) is 0 Å². The van der Waals surface area contributed by atoms with Crippen molar-refractivity contribution in [2.75, 3.05) is 20.1 Å². The van der Waals surface area contributed by atoms with Gasteiger partial charge in [-0.2, -0.15) is 0 Å². The lowest BCUT2D eigenvalue weighted by atomic mass is 9.73. The summed E-state index contributed by atoms with van der Waals surface area (Å²) in [5.41, 5.74) is 1.00. The Morgan fingerprint density at radius 3 is 2.17 bits per heavy atom. The minimum atomic E-state index is 0.417. The number of rotatable bonds is 2. The third-order valence-corrected chi connectivity index (χ3v) is 5.45. The van der Waals surface area contributed by atoms with Gasteiger partial charge in [-0.1, -0.05) is 27.7 Å². The molecular weight excluding hydrogens is 220 g/mol. The molecule has 0 amide bonds. The first-order chi connectivity index (χ1) is 8.32. The smallest absolute Gasteiger partial charge is 0.0170 e. The van der Waals surface area contributed by atoms with Crippen molar-refractivity contribution in [1.82, 2.24) is 10.2 Å². The van der Waals surface area contributed by atoms with E-state index in [1.807, 2.05) is 0 Å². The summed E-state index contributed by atoms with van der Waals surface area (Å²) in [6.07, 6.45) is 6.89. The lowest BCUT2D eigenvalue weighted by molar-refractivity contribution is 0.0213. The summed E-state index contributed by atoms with van der Waals surface area (Å²) in [4.78, 5) is 2.72. The molecule has 1 saturated heterocycles. The molecule has 2 rings (SSSR count). The molecule has 0 radical (unpaired) electrons. The van der Waals surface area contributed by atoms with Crippen molar-refractivity contribution in [3.8, 4) is 0 Å². The molecule has 0 bridgehead atoms. The van der Waals surface area contributed by atoms with Crippen molar-refractivity contribution in [3.63, 3.8) is 0 Å². The van der Waals surface area contributed by atoms with Crippen LogP contribution in [0.4, 0.5) is 0 Å². The monoisotopic (exact) mass is 252 g/mol. The standard InChI is InChI=1S/C16H32N2/c1-15(2)9-6-13(7-10-15)18(5)14-8-11-17-12-16(14,3)4/h13-14,17H,6-12H2,1-5H3. The summed E-state index contributed by atoms with van der Waals surface area (Å²) >= 11 is 0. The zero-order valence-electron chi connectivity index (χ0n) is 13.1. The minimum Gasteiger partial charge on any atom is -0.316 e. The van der Waals surface area contributed by atoms with Crippen LogP contribution in [-0.4, -0.2) is 37.1 Å². The van der Waals surface area contributed by atoms with Gasteiger partial charge in [0.2, 0.25) is 0 Å². The van der Waals surface area contributed by atoms with Crippen LogP contribution in [0.3, 0.4) is 0 Å². The van der Waals surface area contributed by atoms with Gasteiger partial charge in [0.05, 0.1) is 0 Å². The molecular formula is C16H32N2. The van der Waals surface area contributed by atoms with Crippen LogP contribution in [0.1, 0.15) is 59.8 Å². The normalized spacial score (nSPS) is 32.7. The Morgan fingerprint density at radius 1 is 1.00 bits per heavy atom. The molecule has 2 heteroatoms. The van der Waals surface area contributed by atoms with Gasteiger partial charge in [0.15, 0.2) is 0 Å². The number of hydrogen-bond acceptors (Lipinski definition) is 2. The van der Waals surface area contributed by atoms with E-state index in [2.05, 4.69) is 45.0 Å². The third kappa shape index (κ3) is 3.08. The molecule has 1 unspecified atom stereocenters. The Kier molecular flexibility index (Phi) is 4.08. The average Bonchev–Trinajstić information content (AvgIpc) is 2.27. The van der Waals surface area contributed by atoms with E-state index in [0.29, 0.717) is 10.8 Å². The SMILES string of the molecule is CN(C1CCC(C)(C)CC1)C1CCNCC1(C)C. The van der Waals surface area contributed by atoms with E-state index < -0.39 is 0 Å². The number of hydrogen-bond donors (Lipinski definition) is 1. The second-order valence-electron chi connectivity index (χ2n) is 8.03. The number of nitrogens with zero attached hydrogens (tertiary/aromatic N) is 1. The summed E-state index contributed by atoms with van der Waals surface area (Å²) in [6.45, 7) is 12.1. The number of piperidine rings is 1. The highest BCUT2D eigenvalue weighted by Gasteiger charge is 2.39. The predicted octanol–water partition coefficient (Wildman–Crippen LogP) is 3.28. The topological polar surface area (TPSA) is 15.3 Å². The zero-order valence-corrected chi connectivity index (χ0v) is 13.1. The van der Waals surface area contributed by atoms with Gasteiger partial charge in [-0.05, 0) is 56.5 Å². The fraction of sp³-hybridized carbons (Fsp3) is 1.00. The van der Waals surface area contributed by atoms with Gasteiger partial charge in [0, 0.05) is 18.6 Å². The van der Waals surface area contributed by atoms with E-state index in [1.54, 1.807) is 0 Å². The van der Waals surface area contributed by atoms with Crippen molar-refractivity contribution in [2.45, 2.75) is 71.9 Å². The van der Waals surface area contributed by atoms with Crippen LogP contribution in [0.25, 0.3) is 0 Å². The molecule has 0 aromatic carbocycles. The molecule has 106 valence electrons. The zero-order chi connectivity index (χ0) is 13.4. The molecule has 1 aliphatic carbocycles. The van der Waals surface area contributed by atoms with E-state index in [1.165, 1.54) is 45.2 Å². The van der Waals surface area contributed by atoms with Crippen molar-refractivity contribution in [2.24, 2.45) is 10.8 Å². The molecule has 2 aliphatic rings. The lowest BCUT2D eigenvalue weighted by Crippen LogP contribution is -2.56. The van der Waals surface area contributed by atoms with Gasteiger partial charge in [-0.3, -0.25) is 4.90 Å². The quantitative estimate of drug-likeness (QED) is 0.811. The molecule has 18 heavy (non-hydrogen) atoms. The molecule has 1 aliphatic heterocycles. The number of nitrogens with one attached hydrogen (secondary N) is 1. The average molecular weight is 252 g/mol. The molecule has 0 spiro atoms. The first-order valence-electron chi connectivity index (χ1n) is 7.74. The largest absolute Gasteiger partial charge is 0.316 e. The predicted molar refractivity (Wildman–Crippen MR) is 78.9 cm³/mol. The van der Waals surface area contributed by atoms with Gasteiger partial charge in [-0.15, -0.1) is 0 Å². The van der Waals surface area contributed by atoms with Gasteiger partial charge >= 0.3 is 0 Å². The summed E-state index contributed by atoms with van der Waals surface area (Å²) in [5, 5.41) is 3.55.